The van der Waals surface area contributed by atoms with Gasteiger partial charge in [-0.3, -0.25) is 4.79 Å². The maximum absolute atomic E-state index is 12.5. The maximum Gasteiger partial charge on any atom is 0.255 e. The van der Waals surface area contributed by atoms with Crippen molar-refractivity contribution in [3.8, 4) is 0 Å². The van der Waals surface area contributed by atoms with Crippen molar-refractivity contribution in [1.29, 1.82) is 0 Å². The molecule has 1 amide bonds. The smallest absolute Gasteiger partial charge is 0.255 e. The fourth-order valence-corrected chi connectivity index (χ4v) is 2.89. The lowest BCUT2D eigenvalue weighted by atomic mass is 10.1. The van der Waals surface area contributed by atoms with Crippen LogP contribution in [0.15, 0.2) is 46.9 Å². The van der Waals surface area contributed by atoms with Gasteiger partial charge in [-0.15, -0.1) is 0 Å². The fourth-order valence-electron chi connectivity index (χ4n) is 1.98. The van der Waals surface area contributed by atoms with Crippen molar-refractivity contribution < 1.29 is 4.79 Å². The van der Waals surface area contributed by atoms with E-state index in [1.54, 1.807) is 4.90 Å². The van der Waals surface area contributed by atoms with Crippen LogP contribution in [0.2, 0.25) is 0 Å². The summed E-state index contributed by atoms with van der Waals surface area (Å²) >= 11 is 5.66. The lowest BCUT2D eigenvalue weighted by molar-refractivity contribution is 0.0784. The summed E-state index contributed by atoms with van der Waals surface area (Å²) in [5.41, 5.74) is 3.08. The Hall–Kier alpha value is -0.880. The summed E-state index contributed by atoms with van der Waals surface area (Å²) < 4.78 is 1.89. The number of hydrogen-bond donors (Lipinski definition) is 0. The Morgan fingerprint density at radius 2 is 1.95 bits per heavy atom. The van der Waals surface area contributed by atoms with Crippen LogP contribution in [0.5, 0.6) is 0 Å². The van der Waals surface area contributed by atoms with Crippen LogP contribution >= 0.6 is 38.5 Å². The molecule has 0 atom stereocenters. The van der Waals surface area contributed by atoms with Crippen LogP contribution in [-0.2, 0) is 6.54 Å². The predicted molar refractivity (Wildman–Crippen MR) is 93.8 cm³/mol. The van der Waals surface area contributed by atoms with Crippen LogP contribution < -0.4 is 0 Å². The van der Waals surface area contributed by atoms with E-state index in [2.05, 4.69) is 57.6 Å². The highest BCUT2D eigenvalue weighted by atomic mass is 127. The van der Waals surface area contributed by atoms with Gasteiger partial charge in [0, 0.05) is 21.6 Å². The number of amides is 1. The van der Waals surface area contributed by atoms with Gasteiger partial charge in [-0.25, -0.2) is 0 Å². The van der Waals surface area contributed by atoms with Gasteiger partial charge in [0.1, 0.15) is 0 Å². The summed E-state index contributed by atoms with van der Waals surface area (Å²) in [4.78, 5) is 14.3. The zero-order chi connectivity index (χ0) is 14.7. The first-order chi connectivity index (χ1) is 9.49. The van der Waals surface area contributed by atoms with Gasteiger partial charge in [0.15, 0.2) is 0 Å². The molecule has 104 valence electrons. The van der Waals surface area contributed by atoms with Crippen LogP contribution in [0.1, 0.15) is 21.5 Å². The molecule has 0 saturated carbocycles. The van der Waals surface area contributed by atoms with E-state index in [0.717, 1.165) is 8.04 Å². The normalized spacial score (nSPS) is 10.4. The zero-order valence-electron chi connectivity index (χ0n) is 11.4. The van der Waals surface area contributed by atoms with Crippen LogP contribution in [0.4, 0.5) is 0 Å². The SMILES string of the molecule is Cc1ccccc1CN(C)C(=O)c1cc(I)ccc1Br. The second kappa shape index (κ2) is 6.72. The maximum atomic E-state index is 12.5. The summed E-state index contributed by atoms with van der Waals surface area (Å²) in [6.07, 6.45) is 0. The summed E-state index contributed by atoms with van der Waals surface area (Å²) in [5, 5.41) is 0. The largest absolute Gasteiger partial charge is 0.337 e. The predicted octanol–water partition coefficient (Wildman–Crippen LogP) is 4.63. The van der Waals surface area contributed by atoms with E-state index < -0.39 is 0 Å². The molecular weight excluding hydrogens is 429 g/mol. The van der Waals surface area contributed by atoms with Gasteiger partial charge in [-0.2, -0.15) is 0 Å². The van der Waals surface area contributed by atoms with Crippen molar-refractivity contribution >= 4 is 44.4 Å². The van der Waals surface area contributed by atoms with E-state index in [1.165, 1.54) is 11.1 Å². The van der Waals surface area contributed by atoms with E-state index in [-0.39, 0.29) is 5.91 Å². The van der Waals surface area contributed by atoms with Crippen molar-refractivity contribution in [3.63, 3.8) is 0 Å². The number of carbonyl (C=O) groups is 1. The summed E-state index contributed by atoms with van der Waals surface area (Å²) in [6.45, 7) is 2.68. The molecule has 0 spiro atoms. The van der Waals surface area contributed by atoms with E-state index in [4.69, 9.17) is 0 Å². The van der Waals surface area contributed by atoms with Crippen molar-refractivity contribution in [2.75, 3.05) is 7.05 Å². The molecule has 0 bridgehead atoms. The average molecular weight is 444 g/mol. The first kappa shape index (κ1) is 15.5. The number of rotatable bonds is 3. The van der Waals surface area contributed by atoms with Gasteiger partial charge >= 0.3 is 0 Å². The summed E-state index contributed by atoms with van der Waals surface area (Å²) in [7, 11) is 1.83. The molecule has 0 N–H and O–H groups in total. The van der Waals surface area contributed by atoms with Crippen LogP contribution in [-0.4, -0.2) is 17.9 Å². The molecular formula is C16H15BrINO. The van der Waals surface area contributed by atoms with Crippen molar-refractivity contribution in [1.82, 2.24) is 4.90 Å². The number of carbonyl (C=O) groups excluding carboxylic acids is 1. The third-order valence-electron chi connectivity index (χ3n) is 3.17. The number of aryl methyl sites for hydroxylation is 1. The van der Waals surface area contributed by atoms with Crippen LogP contribution in [0, 0.1) is 10.5 Å². The van der Waals surface area contributed by atoms with Gasteiger partial charge in [0.2, 0.25) is 0 Å². The monoisotopic (exact) mass is 443 g/mol. The molecule has 0 aliphatic rings. The molecule has 0 unspecified atom stereocenters. The Labute approximate surface area is 141 Å². The van der Waals surface area contributed by atoms with Gasteiger partial charge in [0.05, 0.1) is 5.56 Å². The molecule has 0 aromatic heterocycles. The number of nitrogens with zero attached hydrogens (tertiary/aromatic N) is 1. The lowest BCUT2D eigenvalue weighted by Gasteiger charge is -2.19. The van der Waals surface area contributed by atoms with E-state index in [9.17, 15) is 4.79 Å². The molecule has 20 heavy (non-hydrogen) atoms. The molecule has 2 aromatic carbocycles. The minimum atomic E-state index is 0.0265. The molecule has 0 aliphatic carbocycles. The molecule has 0 aliphatic heterocycles. The second-order valence-electron chi connectivity index (χ2n) is 4.71. The van der Waals surface area contributed by atoms with Gasteiger partial charge in [0.25, 0.3) is 5.91 Å². The standard InChI is InChI=1S/C16H15BrINO/c1-11-5-3-4-6-12(11)10-19(2)16(20)14-9-13(18)7-8-15(14)17/h3-9H,10H2,1-2H3. The van der Waals surface area contributed by atoms with Crippen LogP contribution in [0.25, 0.3) is 0 Å². The van der Waals surface area contributed by atoms with E-state index in [0.29, 0.717) is 12.1 Å². The number of halogens is 2. The highest BCUT2D eigenvalue weighted by molar-refractivity contribution is 14.1. The molecule has 2 nitrogen and oxygen atoms in total. The van der Waals surface area contributed by atoms with Gasteiger partial charge < -0.3 is 4.90 Å². The van der Waals surface area contributed by atoms with Crippen LogP contribution in [0.3, 0.4) is 0 Å². The topological polar surface area (TPSA) is 20.3 Å². The second-order valence-corrected chi connectivity index (χ2v) is 6.81. The first-order valence-corrected chi connectivity index (χ1v) is 8.11. The molecule has 0 radical (unpaired) electrons. The van der Waals surface area contributed by atoms with Crippen molar-refractivity contribution in [2.45, 2.75) is 13.5 Å². The van der Waals surface area contributed by atoms with E-state index >= 15 is 0 Å². The first-order valence-electron chi connectivity index (χ1n) is 6.24. The minimum absolute atomic E-state index is 0.0265. The Balaban J connectivity index is 2.21. The zero-order valence-corrected chi connectivity index (χ0v) is 15.1. The molecule has 0 saturated heterocycles. The quantitative estimate of drug-likeness (QED) is 0.633. The van der Waals surface area contributed by atoms with E-state index in [1.807, 2.05) is 37.4 Å². The summed E-state index contributed by atoms with van der Waals surface area (Å²) in [5.74, 6) is 0.0265. The Kier molecular flexibility index (Phi) is 5.21. The Morgan fingerprint density at radius 1 is 1.25 bits per heavy atom. The van der Waals surface area contributed by atoms with Crippen molar-refractivity contribution in [2.24, 2.45) is 0 Å². The molecule has 2 rings (SSSR count). The molecule has 2 aromatic rings. The van der Waals surface area contributed by atoms with Gasteiger partial charge in [-0.1, -0.05) is 24.3 Å². The highest BCUT2D eigenvalue weighted by Gasteiger charge is 2.16. The Bertz CT molecular complexity index is 642. The third kappa shape index (κ3) is 3.61. The lowest BCUT2D eigenvalue weighted by Crippen LogP contribution is -2.27. The summed E-state index contributed by atoms with van der Waals surface area (Å²) in [6, 6.07) is 13.9. The molecule has 0 fully saturated rings. The molecule has 4 heteroatoms. The molecule has 0 heterocycles. The average Bonchev–Trinajstić information content (AvgIpc) is 2.43. The Morgan fingerprint density at radius 3 is 2.65 bits per heavy atom. The fraction of sp³-hybridized carbons (Fsp3) is 0.188. The van der Waals surface area contributed by atoms with Gasteiger partial charge in [-0.05, 0) is 74.8 Å². The third-order valence-corrected chi connectivity index (χ3v) is 4.54. The number of hydrogen-bond acceptors (Lipinski definition) is 1. The minimum Gasteiger partial charge on any atom is -0.337 e. The highest BCUT2D eigenvalue weighted by Crippen LogP contribution is 2.21. The van der Waals surface area contributed by atoms with Crippen molar-refractivity contribution in [3.05, 3.63) is 67.2 Å². The number of benzene rings is 2.